The Morgan fingerprint density at radius 1 is 0.952 bits per heavy atom. The maximum absolute atomic E-state index is 4.85. The second kappa shape index (κ2) is 4.04. The lowest BCUT2D eigenvalue weighted by atomic mass is 9.81. The number of aryl methyl sites for hydroxylation is 1. The first-order chi connectivity index (χ1) is 10.4. The van der Waals surface area contributed by atoms with Gasteiger partial charge in [0.2, 0.25) is 0 Å². The van der Waals surface area contributed by atoms with Gasteiger partial charge in [0.1, 0.15) is 5.52 Å². The van der Waals surface area contributed by atoms with E-state index in [0.29, 0.717) is 11.8 Å². The molecular formula is C18H15N3. The molecule has 0 N–H and O–H groups in total. The Balaban J connectivity index is 1.80. The zero-order valence-corrected chi connectivity index (χ0v) is 11.6. The van der Waals surface area contributed by atoms with Gasteiger partial charge in [-0.1, -0.05) is 36.4 Å². The van der Waals surface area contributed by atoms with Gasteiger partial charge in [-0.2, -0.15) is 0 Å². The maximum Gasteiger partial charge on any atom is 0.159 e. The van der Waals surface area contributed by atoms with Crippen molar-refractivity contribution < 1.29 is 0 Å². The van der Waals surface area contributed by atoms with Gasteiger partial charge < -0.3 is 4.57 Å². The quantitative estimate of drug-likeness (QED) is 0.623. The summed E-state index contributed by atoms with van der Waals surface area (Å²) in [5, 5.41) is 0. The van der Waals surface area contributed by atoms with Crippen LogP contribution in [-0.2, 0) is 6.54 Å². The number of rotatable bonds is 0. The largest absolute Gasteiger partial charge is 0.328 e. The lowest BCUT2D eigenvalue weighted by molar-refractivity contribution is 0.418. The van der Waals surface area contributed by atoms with Gasteiger partial charge in [-0.25, -0.2) is 9.97 Å². The van der Waals surface area contributed by atoms with Crippen LogP contribution in [0.4, 0.5) is 0 Å². The molecule has 1 aliphatic heterocycles. The van der Waals surface area contributed by atoms with Crippen molar-refractivity contribution in [2.75, 3.05) is 0 Å². The first kappa shape index (κ1) is 11.3. The predicted octanol–water partition coefficient (Wildman–Crippen LogP) is 3.81. The minimum atomic E-state index is 0.475. The average molecular weight is 273 g/mol. The van der Waals surface area contributed by atoms with E-state index in [-0.39, 0.29) is 0 Å². The van der Waals surface area contributed by atoms with Crippen molar-refractivity contribution in [3.63, 3.8) is 0 Å². The van der Waals surface area contributed by atoms with Crippen LogP contribution in [0.1, 0.15) is 18.0 Å². The van der Waals surface area contributed by atoms with Crippen LogP contribution >= 0.6 is 0 Å². The van der Waals surface area contributed by atoms with E-state index in [1.54, 1.807) is 0 Å². The normalized spacial score (nSPS) is 23.4. The molecule has 102 valence electrons. The molecular weight excluding hydrogens is 258 g/mol. The monoisotopic (exact) mass is 273 g/mol. The molecule has 2 unspecified atom stereocenters. The van der Waals surface area contributed by atoms with Crippen molar-refractivity contribution in [3.05, 3.63) is 60.3 Å². The molecule has 0 saturated heterocycles. The summed E-state index contributed by atoms with van der Waals surface area (Å²) in [5.41, 5.74) is 5.37. The minimum Gasteiger partial charge on any atom is -0.328 e. The van der Waals surface area contributed by atoms with E-state index in [4.69, 9.17) is 9.97 Å². The molecule has 3 nitrogen and oxygen atoms in total. The van der Waals surface area contributed by atoms with Gasteiger partial charge >= 0.3 is 0 Å². The molecule has 2 aromatic heterocycles. The zero-order valence-electron chi connectivity index (χ0n) is 11.6. The second-order valence-corrected chi connectivity index (χ2v) is 5.89. The highest BCUT2D eigenvalue weighted by molar-refractivity contribution is 5.85. The summed E-state index contributed by atoms with van der Waals surface area (Å²) in [6.45, 7) is 1.03. The van der Waals surface area contributed by atoms with Crippen LogP contribution < -0.4 is 0 Å². The second-order valence-electron chi connectivity index (χ2n) is 5.89. The van der Waals surface area contributed by atoms with Crippen molar-refractivity contribution >= 4 is 22.2 Å². The minimum absolute atomic E-state index is 0.475. The maximum atomic E-state index is 4.85. The van der Waals surface area contributed by atoms with E-state index in [0.717, 1.165) is 28.7 Å². The van der Waals surface area contributed by atoms with Gasteiger partial charge in [-0.3, -0.25) is 0 Å². The molecule has 3 heteroatoms. The molecule has 0 radical (unpaired) electrons. The van der Waals surface area contributed by atoms with Crippen LogP contribution in [0.15, 0.2) is 54.6 Å². The first-order valence-corrected chi connectivity index (χ1v) is 7.51. The summed E-state index contributed by atoms with van der Waals surface area (Å²) >= 11 is 0. The third-order valence-electron chi connectivity index (χ3n) is 4.71. The number of allylic oxidation sites excluding steroid dienone is 4. The molecule has 0 saturated carbocycles. The number of benzene rings is 1. The van der Waals surface area contributed by atoms with E-state index in [1.807, 2.05) is 24.3 Å². The van der Waals surface area contributed by atoms with E-state index in [2.05, 4.69) is 34.9 Å². The third-order valence-corrected chi connectivity index (χ3v) is 4.71. The van der Waals surface area contributed by atoms with Crippen LogP contribution in [0, 0.1) is 5.92 Å². The predicted molar refractivity (Wildman–Crippen MR) is 84.2 cm³/mol. The highest BCUT2D eigenvalue weighted by Crippen LogP contribution is 2.39. The summed E-state index contributed by atoms with van der Waals surface area (Å²) in [6, 6.07) is 10.3. The van der Waals surface area contributed by atoms with E-state index in [9.17, 15) is 0 Å². The SMILES string of the molecule is C1=CC2CCn3c(cc4nc5ccccc5nc43)C2C=C1. The molecule has 0 amide bonds. The van der Waals surface area contributed by atoms with Crippen LogP contribution in [0.5, 0.6) is 0 Å². The van der Waals surface area contributed by atoms with Crippen molar-refractivity contribution in [2.24, 2.45) is 5.92 Å². The van der Waals surface area contributed by atoms with Crippen LogP contribution in [0.25, 0.3) is 22.2 Å². The van der Waals surface area contributed by atoms with Crippen molar-refractivity contribution in [1.29, 1.82) is 0 Å². The highest BCUT2D eigenvalue weighted by Gasteiger charge is 2.29. The van der Waals surface area contributed by atoms with E-state index < -0.39 is 0 Å². The molecule has 1 aliphatic carbocycles. The number of aromatic nitrogens is 3. The Kier molecular flexibility index (Phi) is 2.17. The molecule has 5 rings (SSSR count). The number of para-hydroxylation sites is 2. The lowest BCUT2D eigenvalue weighted by Gasteiger charge is -2.30. The summed E-state index contributed by atoms with van der Waals surface area (Å²) in [5.74, 6) is 1.10. The van der Waals surface area contributed by atoms with Crippen molar-refractivity contribution in [1.82, 2.24) is 14.5 Å². The van der Waals surface area contributed by atoms with Gasteiger partial charge in [-0.15, -0.1) is 0 Å². The Hall–Kier alpha value is -2.42. The fourth-order valence-electron chi connectivity index (χ4n) is 3.68. The Morgan fingerprint density at radius 3 is 2.67 bits per heavy atom. The molecule has 21 heavy (non-hydrogen) atoms. The standard InChI is InChI=1S/C18H15N3/c1-2-6-13-12(5-1)9-10-21-17(13)11-16-18(21)20-15-8-4-3-7-14(15)19-16/h1-8,11-13H,9-10H2. The first-order valence-electron chi connectivity index (χ1n) is 7.51. The van der Waals surface area contributed by atoms with Crippen LogP contribution in [0.2, 0.25) is 0 Å². The average Bonchev–Trinajstić information content (AvgIpc) is 2.90. The molecule has 3 heterocycles. The van der Waals surface area contributed by atoms with Crippen LogP contribution in [0.3, 0.4) is 0 Å². The lowest BCUT2D eigenvalue weighted by Crippen LogP contribution is -2.23. The number of hydrogen-bond acceptors (Lipinski definition) is 2. The molecule has 0 fully saturated rings. The fourth-order valence-corrected chi connectivity index (χ4v) is 3.68. The Bertz CT molecular complexity index is 917. The topological polar surface area (TPSA) is 30.7 Å². The fraction of sp³-hybridized carbons (Fsp3) is 0.222. The van der Waals surface area contributed by atoms with Crippen LogP contribution in [-0.4, -0.2) is 14.5 Å². The summed E-state index contributed by atoms with van der Waals surface area (Å²) in [7, 11) is 0. The van der Waals surface area contributed by atoms with Gasteiger partial charge in [0.05, 0.1) is 11.0 Å². The molecule has 0 bridgehead atoms. The van der Waals surface area contributed by atoms with E-state index in [1.165, 1.54) is 12.1 Å². The molecule has 3 aromatic rings. The summed E-state index contributed by atoms with van der Waals surface area (Å²) in [6.07, 6.45) is 10.2. The van der Waals surface area contributed by atoms with Gasteiger partial charge in [-0.05, 0) is 30.5 Å². The highest BCUT2D eigenvalue weighted by atomic mass is 15.1. The zero-order chi connectivity index (χ0) is 13.8. The summed E-state index contributed by atoms with van der Waals surface area (Å²) < 4.78 is 2.36. The van der Waals surface area contributed by atoms with E-state index >= 15 is 0 Å². The molecule has 0 spiro atoms. The smallest absolute Gasteiger partial charge is 0.159 e. The Labute approximate surface area is 122 Å². The van der Waals surface area contributed by atoms with Gasteiger partial charge in [0.25, 0.3) is 0 Å². The molecule has 1 aromatic carbocycles. The van der Waals surface area contributed by atoms with Gasteiger partial charge in [0.15, 0.2) is 5.65 Å². The van der Waals surface area contributed by atoms with Crippen molar-refractivity contribution in [3.8, 4) is 0 Å². The Morgan fingerprint density at radius 2 is 1.76 bits per heavy atom. The number of fused-ring (bicyclic) bond motifs is 6. The third kappa shape index (κ3) is 1.54. The molecule has 2 atom stereocenters. The van der Waals surface area contributed by atoms with Gasteiger partial charge in [0, 0.05) is 18.2 Å². The van der Waals surface area contributed by atoms with Crippen molar-refractivity contribution in [2.45, 2.75) is 18.9 Å². The molecule has 2 aliphatic rings. The number of hydrogen-bond donors (Lipinski definition) is 0. The number of nitrogens with zero attached hydrogens (tertiary/aromatic N) is 3. The summed E-state index contributed by atoms with van der Waals surface area (Å²) in [4.78, 5) is 9.64.